The minimum atomic E-state index is 0.604. The first-order valence-electron chi connectivity index (χ1n) is 11.0. The smallest absolute Gasteiger partial charge is 0.133 e. The van der Waals surface area contributed by atoms with Crippen molar-refractivity contribution in [2.75, 3.05) is 7.11 Å². The first kappa shape index (κ1) is 23.2. The quantitative estimate of drug-likeness (QED) is 0.254. The Balaban J connectivity index is 1.57. The molecule has 0 spiro atoms. The van der Waals surface area contributed by atoms with Crippen LogP contribution in [0.2, 0.25) is 10.0 Å². The van der Waals surface area contributed by atoms with E-state index >= 15 is 0 Å². The summed E-state index contributed by atoms with van der Waals surface area (Å²) in [6.45, 7) is 3.10. The Morgan fingerprint density at radius 2 is 1.61 bits per heavy atom. The average Bonchev–Trinajstić information content (AvgIpc) is 3.24. The van der Waals surface area contributed by atoms with E-state index in [1.807, 2.05) is 24.3 Å². The van der Waals surface area contributed by atoms with Gasteiger partial charge < -0.3 is 9.30 Å². The highest BCUT2D eigenvalue weighted by Gasteiger charge is 2.11. The zero-order valence-corrected chi connectivity index (χ0v) is 20.3. The fraction of sp³-hybridized carbons (Fsp3) is 0.179. The van der Waals surface area contributed by atoms with Crippen molar-refractivity contribution >= 4 is 35.4 Å². The first-order valence-corrected chi connectivity index (χ1v) is 11.8. The number of methoxy groups -OCH3 is 1. The number of benzene rings is 3. The van der Waals surface area contributed by atoms with Gasteiger partial charge in [-0.05, 0) is 59.5 Å². The highest BCUT2D eigenvalue weighted by molar-refractivity contribution is 6.36. The topological polar surface area (TPSA) is 27.1 Å². The summed E-state index contributed by atoms with van der Waals surface area (Å²) in [5, 5.41) is 1.22. The lowest BCUT2D eigenvalue weighted by atomic mass is 10.0. The molecule has 1 heterocycles. The molecule has 0 aliphatic rings. The van der Waals surface area contributed by atoms with Gasteiger partial charge >= 0.3 is 0 Å². The third-order valence-electron chi connectivity index (χ3n) is 5.53. The van der Waals surface area contributed by atoms with Crippen molar-refractivity contribution in [2.24, 2.45) is 0 Å². The fourth-order valence-corrected chi connectivity index (χ4v) is 4.14. The van der Waals surface area contributed by atoms with Crippen LogP contribution in [0.5, 0.6) is 5.75 Å². The summed E-state index contributed by atoms with van der Waals surface area (Å²) in [6.07, 6.45) is 8.42. The van der Waals surface area contributed by atoms with Crippen molar-refractivity contribution in [1.29, 1.82) is 0 Å². The van der Waals surface area contributed by atoms with Gasteiger partial charge in [0.1, 0.15) is 11.6 Å². The molecule has 0 saturated carbocycles. The summed E-state index contributed by atoms with van der Waals surface area (Å²) in [5.41, 5.74) is 5.17. The Bertz CT molecular complexity index is 1240. The number of halogens is 2. The Morgan fingerprint density at radius 1 is 0.909 bits per heavy atom. The molecule has 0 fully saturated rings. The second-order valence-corrected chi connectivity index (χ2v) is 8.68. The van der Waals surface area contributed by atoms with Crippen LogP contribution in [0.15, 0.2) is 72.9 Å². The van der Waals surface area contributed by atoms with Crippen molar-refractivity contribution < 1.29 is 4.74 Å². The average molecular weight is 477 g/mol. The number of aromatic nitrogens is 2. The van der Waals surface area contributed by atoms with E-state index in [0.717, 1.165) is 53.3 Å². The number of hydrogen-bond acceptors (Lipinski definition) is 2. The second kappa shape index (κ2) is 10.7. The van der Waals surface area contributed by atoms with E-state index in [4.69, 9.17) is 32.9 Å². The summed E-state index contributed by atoms with van der Waals surface area (Å²) in [7, 11) is 1.68. The molecule has 3 nitrogen and oxygen atoms in total. The third-order valence-corrected chi connectivity index (χ3v) is 6.07. The fourth-order valence-electron chi connectivity index (χ4n) is 3.64. The van der Waals surface area contributed by atoms with Crippen LogP contribution in [-0.2, 0) is 6.54 Å². The van der Waals surface area contributed by atoms with Crippen LogP contribution >= 0.6 is 23.2 Å². The minimum absolute atomic E-state index is 0.604. The van der Waals surface area contributed by atoms with Gasteiger partial charge in [-0.3, -0.25) is 0 Å². The summed E-state index contributed by atoms with van der Waals surface area (Å²) in [6, 6.07) is 22.1. The maximum atomic E-state index is 6.43. The molecule has 0 bridgehead atoms. The predicted molar refractivity (Wildman–Crippen MR) is 140 cm³/mol. The van der Waals surface area contributed by atoms with Crippen LogP contribution in [0.3, 0.4) is 0 Å². The molecule has 0 atom stereocenters. The molecule has 0 aliphatic heterocycles. The maximum Gasteiger partial charge on any atom is 0.133 e. The minimum Gasteiger partial charge on any atom is -0.497 e. The molecule has 0 amide bonds. The van der Waals surface area contributed by atoms with Crippen LogP contribution in [0.1, 0.15) is 31.2 Å². The highest BCUT2D eigenvalue weighted by atomic mass is 35.5. The van der Waals surface area contributed by atoms with Crippen molar-refractivity contribution in [3.63, 3.8) is 0 Å². The monoisotopic (exact) mass is 476 g/mol. The van der Waals surface area contributed by atoms with Crippen molar-refractivity contribution in [2.45, 2.75) is 26.3 Å². The number of aryl methyl sites for hydroxylation is 1. The van der Waals surface area contributed by atoms with Gasteiger partial charge in [-0.25, -0.2) is 4.98 Å². The molecule has 0 saturated heterocycles. The number of hydrogen-bond donors (Lipinski definition) is 0. The van der Waals surface area contributed by atoms with Crippen molar-refractivity contribution in [1.82, 2.24) is 9.55 Å². The van der Waals surface area contributed by atoms with Gasteiger partial charge in [-0.15, -0.1) is 0 Å². The number of ether oxygens (including phenoxy) is 1. The van der Waals surface area contributed by atoms with Crippen LogP contribution in [-0.4, -0.2) is 16.7 Å². The molecule has 5 heteroatoms. The molecule has 1 aromatic heterocycles. The van der Waals surface area contributed by atoms with Gasteiger partial charge in [0.2, 0.25) is 0 Å². The largest absolute Gasteiger partial charge is 0.497 e. The molecule has 33 heavy (non-hydrogen) atoms. The van der Waals surface area contributed by atoms with E-state index in [1.165, 1.54) is 5.56 Å². The predicted octanol–water partition coefficient (Wildman–Crippen LogP) is 8.50. The normalized spacial score (nSPS) is 11.3. The van der Waals surface area contributed by atoms with E-state index in [0.29, 0.717) is 10.0 Å². The van der Waals surface area contributed by atoms with Crippen LogP contribution in [0, 0.1) is 0 Å². The zero-order chi connectivity index (χ0) is 23.2. The Kier molecular flexibility index (Phi) is 7.54. The third kappa shape index (κ3) is 5.68. The summed E-state index contributed by atoms with van der Waals surface area (Å²) >= 11 is 12.5. The van der Waals surface area contributed by atoms with Crippen molar-refractivity contribution in [3.8, 4) is 28.1 Å². The number of unbranched alkanes of at least 4 members (excludes halogenated alkanes) is 1. The lowest BCUT2D eigenvalue weighted by molar-refractivity contribution is 0.415. The van der Waals surface area contributed by atoms with Crippen molar-refractivity contribution in [3.05, 3.63) is 94.4 Å². The van der Waals surface area contributed by atoms with E-state index in [-0.39, 0.29) is 0 Å². The molecule has 4 aromatic rings. The highest BCUT2D eigenvalue weighted by Crippen LogP contribution is 2.30. The standard InChI is InChI=1S/C28H26Cl2N2O/c1-3-4-17-32-19-27(25-15-12-23(29)18-26(25)30)31-28(32)16-7-20-5-8-21(9-6-20)22-10-13-24(33-2)14-11-22/h5-16,18-19H,3-4,17H2,1-2H3/b16-7+. The number of imidazole rings is 1. The van der Waals surface area contributed by atoms with Gasteiger partial charge in [0.25, 0.3) is 0 Å². The number of rotatable bonds is 8. The molecular formula is C28H26Cl2N2O. The summed E-state index contributed by atoms with van der Waals surface area (Å²) < 4.78 is 7.43. The van der Waals surface area contributed by atoms with E-state index < -0.39 is 0 Å². The zero-order valence-electron chi connectivity index (χ0n) is 18.8. The lowest BCUT2D eigenvalue weighted by Gasteiger charge is -2.05. The van der Waals surface area contributed by atoms with Gasteiger partial charge in [0, 0.05) is 23.3 Å². The Labute approximate surface area is 205 Å². The Hall–Kier alpha value is -3.01. The Morgan fingerprint density at radius 3 is 2.24 bits per heavy atom. The maximum absolute atomic E-state index is 6.43. The second-order valence-electron chi connectivity index (χ2n) is 7.84. The first-order chi connectivity index (χ1) is 16.1. The van der Waals surface area contributed by atoms with E-state index in [2.05, 4.69) is 66.2 Å². The molecule has 4 rings (SSSR count). The van der Waals surface area contributed by atoms with Crippen LogP contribution < -0.4 is 4.74 Å². The molecule has 0 radical (unpaired) electrons. The van der Waals surface area contributed by atoms with Gasteiger partial charge in [0.15, 0.2) is 0 Å². The summed E-state index contributed by atoms with van der Waals surface area (Å²) in [4.78, 5) is 4.86. The molecule has 168 valence electrons. The molecule has 3 aromatic carbocycles. The van der Waals surface area contributed by atoms with Gasteiger partial charge in [0.05, 0.1) is 17.8 Å². The van der Waals surface area contributed by atoms with Gasteiger partial charge in [-0.2, -0.15) is 0 Å². The number of nitrogens with zero attached hydrogens (tertiary/aromatic N) is 2. The van der Waals surface area contributed by atoms with Crippen LogP contribution in [0.25, 0.3) is 34.5 Å². The van der Waals surface area contributed by atoms with Gasteiger partial charge in [-0.1, -0.05) is 79.0 Å². The van der Waals surface area contributed by atoms with E-state index in [1.54, 1.807) is 13.2 Å². The summed E-state index contributed by atoms with van der Waals surface area (Å²) in [5.74, 6) is 1.76. The molecule has 0 aliphatic carbocycles. The molecule has 0 N–H and O–H groups in total. The van der Waals surface area contributed by atoms with E-state index in [9.17, 15) is 0 Å². The molecular weight excluding hydrogens is 451 g/mol. The SMILES string of the molecule is CCCCn1cc(-c2ccc(Cl)cc2Cl)nc1/C=C/c1ccc(-c2ccc(OC)cc2)cc1. The lowest BCUT2D eigenvalue weighted by Crippen LogP contribution is -1.98. The molecule has 0 unspecified atom stereocenters. The van der Waals surface area contributed by atoms with Crippen LogP contribution in [0.4, 0.5) is 0 Å².